The summed E-state index contributed by atoms with van der Waals surface area (Å²) in [6, 6.07) is 0. The Morgan fingerprint density at radius 1 is 1.16 bits per heavy atom. The average molecular weight is 350 g/mol. The minimum atomic E-state index is -0.809. The molecule has 5 nitrogen and oxygen atoms in total. The quantitative estimate of drug-likeness (QED) is 0.319. The number of hydrogen-bond donors (Lipinski definition) is 2. The lowest BCUT2D eigenvalue weighted by atomic mass is 9.90. The van der Waals surface area contributed by atoms with Gasteiger partial charge in [-0.2, -0.15) is 0 Å². The van der Waals surface area contributed by atoms with Crippen LogP contribution in [0.25, 0.3) is 0 Å². The summed E-state index contributed by atoms with van der Waals surface area (Å²) >= 11 is 0. The van der Waals surface area contributed by atoms with Crippen molar-refractivity contribution in [1.29, 1.82) is 0 Å². The summed E-state index contributed by atoms with van der Waals surface area (Å²) < 4.78 is 0. The highest BCUT2D eigenvalue weighted by Gasteiger charge is 2.39. The van der Waals surface area contributed by atoms with Gasteiger partial charge in [-0.25, -0.2) is 0 Å². The van der Waals surface area contributed by atoms with Crippen molar-refractivity contribution in [3.8, 4) is 0 Å². The number of aliphatic hydroxyl groups is 1. The fourth-order valence-corrected chi connectivity index (χ4v) is 3.11. The maximum absolute atomic E-state index is 12.1. The van der Waals surface area contributed by atoms with Crippen molar-refractivity contribution in [1.82, 2.24) is 0 Å². The van der Waals surface area contributed by atoms with E-state index in [1.165, 1.54) is 6.08 Å². The van der Waals surface area contributed by atoms with E-state index in [1.54, 1.807) is 6.08 Å². The number of hydrogen-bond acceptors (Lipinski definition) is 4. The van der Waals surface area contributed by atoms with E-state index in [1.807, 2.05) is 12.2 Å². The predicted molar refractivity (Wildman–Crippen MR) is 96.1 cm³/mol. The van der Waals surface area contributed by atoms with E-state index in [9.17, 15) is 19.5 Å². The van der Waals surface area contributed by atoms with Gasteiger partial charge < -0.3 is 10.2 Å². The Balaban J connectivity index is 2.49. The van der Waals surface area contributed by atoms with Crippen LogP contribution in [0.3, 0.4) is 0 Å². The third kappa shape index (κ3) is 8.25. The maximum Gasteiger partial charge on any atom is 0.303 e. The summed E-state index contributed by atoms with van der Waals surface area (Å²) in [5.74, 6) is -1.35. The first kappa shape index (κ1) is 21.3. The van der Waals surface area contributed by atoms with E-state index in [-0.39, 0.29) is 36.2 Å². The second kappa shape index (κ2) is 11.7. The lowest BCUT2D eigenvalue weighted by Gasteiger charge is -2.15. The van der Waals surface area contributed by atoms with Crippen LogP contribution >= 0.6 is 0 Å². The lowest BCUT2D eigenvalue weighted by molar-refractivity contribution is -0.137. The van der Waals surface area contributed by atoms with Gasteiger partial charge in [0.25, 0.3) is 0 Å². The van der Waals surface area contributed by atoms with Crippen LogP contribution in [0.5, 0.6) is 0 Å². The Morgan fingerprint density at radius 2 is 1.92 bits per heavy atom. The summed E-state index contributed by atoms with van der Waals surface area (Å²) in [4.78, 5) is 34.4. The third-order valence-electron chi connectivity index (χ3n) is 4.58. The molecule has 0 aromatic carbocycles. The molecule has 3 atom stereocenters. The monoisotopic (exact) mass is 350 g/mol. The average Bonchev–Trinajstić information content (AvgIpc) is 2.82. The zero-order valence-corrected chi connectivity index (χ0v) is 15.0. The summed E-state index contributed by atoms with van der Waals surface area (Å²) in [6.45, 7) is 2.08. The Labute approximate surface area is 149 Å². The van der Waals surface area contributed by atoms with Crippen molar-refractivity contribution in [2.75, 3.05) is 0 Å². The topological polar surface area (TPSA) is 91.7 Å². The standard InChI is InChI=1S/C20H30O5/c1-2-3-6-9-15(21)12-13-17-16(18(22)14-19(17)23)10-7-4-5-8-11-20(24)25/h4,7,12-13,16-17,19,23H,2-3,5-6,8-11,14H2,1H3,(H,24,25)/b7-4?,13-12+/t16-,17-,19-/m1/s1. The molecule has 5 heteroatoms. The van der Waals surface area contributed by atoms with Gasteiger partial charge in [-0.05, 0) is 31.8 Å². The molecule has 0 bridgehead atoms. The molecule has 1 rings (SSSR count). The SMILES string of the molecule is CCCCCC(=O)/C=C/[C@H]1[C@H](O)CC(=O)[C@@H]1CC=CCCCC(=O)O. The maximum atomic E-state index is 12.1. The van der Waals surface area contributed by atoms with Gasteiger partial charge in [0.05, 0.1) is 6.10 Å². The molecule has 1 aliphatic carbocycles. The number of Topliss-reactive ketones (excluding diaryl/α,β-unsaturated/α-hetero) is 1. The second-order valence-electron chi connectivity index (χ2n) is 6.70. The van der Waals surface area contributed by atoms with Crippen LogP contribution in [0, 0.1) is 11.8 Å². The largest absolute Gasteiger partial charge is 0.481 e. The number of allylic oxidation sites excluding steroid dienone is 3. The molecule has 0 aromatic rings. The molecule has 1 saturated carbocycles. The van der Waals surface area contributed by atoms with Crippen LogP contribution in [-0.4, -0.2) is 33.9 Å². The molecule has 0 unspecified atom stereocenters. The molecular weight excluding hydrogens is 320 g/mol. The first-order valence-corrected chi connectivity index (χ1v) is 9.24. The number of carbonyl (C=O) groups excluding carboxylic acids is 2. The Kier molecular flexibility index (Phi) is 10.0. The van der Waals surface area contributed by atoms with Gasteiger partial charge in [0.2, 0.25) is 0 Å². The Morgan fingerprint density at radius 3 is 2.60 bits per heavy atom. The van der Waals surface area contributed by atoms with Crippen LogP contribution in [0.15, 0.2) is 24.3 Å². The second-order valence-corrected chi connectivity index (χ2v) is 6.70. The molecule has 0 amide bonds. The van der Waals surface area contributed by atoms with Crippen LogP contribution in [-0.2, 0) is 14.4 Å². The van der Waals surface area contributed by atoms with E-state index >= 15 is 0 Å². The van der Waals surface area contributed by atoms with Crippen LogP contribution in [0.4, 0.5) is 0 Å². The fourth-order valence-electron chi connectivity index (χ4n) is 3.11. The molecular formula is C20H30O5. The van der Waals surface area contributed by atoms with Crippen molar-refractivity contribution in [2.45, 2.75) is 70.8 Å². The summed E-state index contributed by atoms with van der Waals surface area (Å²) in [5, 5.41) is 18.7. The van der Waals surface area contributed by atoms with Gasteiger partial charge in [0.15, 0.2) is 5.78 Å². The molecule has 0 radical (unpaired) electrons. The zero-order valence-electron chi connectivity index (χ0n) is 15.0. The first-order valence-electron chi connectivity index (χ1n) is 9.24. The summed E-state index contributed by atoms with van der Waals surface area (Å²) in [5.41, 5.74) is 0. The normalized spacial score (nSPS) is 23.8. The van der Waals surface area contributed by atoms with Crippen molar-refractivity contribution in [3.05, 3.63) is 24.3 Å². The molecule has 0 aromatic heterocycles. The van der Waals surface area contributed by atoms with Gasteiger partial charge in [0.1, 0.15) is 5.78 Å². The fraction of sp³-hybridized carbons (Fsp3) is 0.650. The predicted octanol–water partition coefficient (Wildman–Crippen LogP) is 3.46. The van der Waals surface area contributed by atoms with E-state index in [2.05, 4.69) is 6.92 Å². The molecule has 0 aliphatic heterocycles. The van der Waals surface area contributed by atoms with Gasteiger partial charge in [-0.1, -0.05) is 38.0 Å². The minimum Gasteiger partial charge on any atom is -0.481 e. The molecule has 0 spiro atoms. The van der Waals surface area contributed by atoms with E-state index in [0.717, 1.165) is 19.3 Å². The molecule has 1 aliphatic rings. The number of carbonyl (C=O) groups is 3. The molecule has 0 heterocycles. The summed E-state index contributed by atoms with van der Waals surface area (Å²) in [7, 11) is 0. The third-order valence-corrected chi connectivity index (χ3v) is 4.58. The number of ketones is 2. The van der Waals surface area contributed by atoms with Gasteiger partial charge in [0, 0.05) is 31.1 Å². The van der Waals surface area contributed by atoms with Crippen molar-refractivity contribution < 1.29 is 24.6 Å². The van der Waals surface area contributed by atoms with Crippen molar-refractivity contribution in [3.63, 3.8) is 0 Å². The number of carboxylic acid groups (broad SMARTS) is 1. The van der Waals surface area contributed by atoms with Crippen molar-refractivity contribution in [2.24, 2.45) is 11.8 Å². The Bertz CT molecular complexity index is 506. The molecule has 0 saturated heterocycles. The summed E-state index contributed by atoms with van der Waals surface area (Å²) in [6.07, 6.45) is 11.8. The van der Waals surface area contributed by atoms with Gasteiger partial charge >= 0.3 is 5.97 Å². The zero-order chi connectivity index (χ0) is 18.7. The number of carboxylic acids is 1. The number of aliphatic hydroxyl groups excluding tert-OH is 1. The van der Waals surface area contributed by atoms with E-state index < -0.39 is 12.1 Å². The van der Waals surface area contributed by atoms with E-state index in [0.29, 0.717) is 25.7 Å². The smallest absolute Gasteiger partial charge is 0.303 e. The van der Waals surface area contributed by atoms with Crippen LogP contribution in [0.1, 0.15) is 64.7 Å². The minimum absolute atomic E-state index is 0.0239. The van der Waals surface area contributed by atoms with Crippen LogP contribution in [0.2, 0.25) is 0 Å². The van der Waals surface area contributed by atoms with Crippen LogP contribution < -0.4 is 0 Å². The van der Waals surface area contributed by atoms with Crippen molar-refractivity contribution >= 4 is 17.5 Å². The number of aliphatic carboxylic acids is 1. The highest BCUT2D eigenvalue weighted by molar-refractivity contribution is 5.90. The molecule has 1 fully saturated rings. The molecule has 140 valence electrons. The van der Waals surface area contributed by atoms with Gasteiger partial charge in [-0.3, -0.25) is 14.4 Å². The molecule has 2 N–H and O–H groups in total. The lowest BCUT2D eigenvalue weighted by Crippen LogP contribution is -2.18. The number of unbranched alkanes of at least 4 members (excludes halogenated alkanes) is 3. The highest BCUT2D eigenvalue weighted by Crippen LogP contribution is 2.33. The Hall–Kier alpha value is -1.75. The molecule has 25 heavy (non-hydrogen) atoms. The van der Waals surface area contributed by atoms with Gasteiger partial charge in [-0.15, -0.1) is 0 Å². The number of rotatable bonds is 12. The first-order chi connectivity index (χ1) is 12.0. The van der Waals surface area contributed by atoms with E-state index in [4.69, 9.17) is 5.11 Å². The highest BCUT2D eigenvalue weighted by atomic mass is 16.4.